The van der Waals surface area contributed by atoms with Crippen molar-refractivity contribution < 1.29 is 8.42 Å². The van der Waals surface area contributed by atoms with E-state index in [1.807, 2.05) is 13.2 Å². The SMILES string of the molecule is Cc1nn(C)c(Cl)c1S(=O)(=O)NC1CCCc2nn(C)cc21. The highest BCUT2D eigenvalue weighted by Crippen LogP contribution is 2.32. The van der Waals surface area contributed by atoms with E-state index < -0.39 is 10.0 Å². The average molecular weight is 344 g/mol. The number of nitrogens with one attached hydrogen (secondary N) is 1. The fraction of sp³-hybridized carbons (Fsp3) is 0.538. The molecule has 0 saturated carbocycles. The van der Waals surface area contributed by atoms with Crippen LogP contribution in [0.2, 0.25) is 5.15 Å². The molecule has 1 unspecified atom stereocenters. The molecule has 9 heteroatoms. The van der Waals surface area contributed by atoms with Crippen molar-refractivity contribution in [3.63, 3.8) is 0 Å². The summed E-state index contributed by atoms with van der Waals surface area (Å²) >= 11 is 6.09. The molecule has 0 aromatic carbocycles. The molecule has 22 heavy (non-hydrogen) atoms. The molecule has 1 atom stereocenters. The van der Waals surface area contributed by atoms with Gasteiger partial charge in [0.1, 0.15) is 10.0 Å². The smallest absolute Gasteiger partial charge is 0.246 e. The molecule has 0 fully saturated rings. The molecule has 0 radical (unpaired) electrons. The van der Waals surface area contributed by atoms with Crippen LogP contribution in [0.5, 0.6) is 0 Å². The number of hydrogen-bond acceptors (Lipinski definition) is 4. The van der Waals surface area contributed by atoms with Gasteiger partial charge >= 0.3 is 0 Å². The number of fused-ring (bicyclic) bond motifs is 1. The van der Waals surface area contributed by atoms with Gasteiger partial charge in [0.2, 0.25) is 10.0 Å². The number of aryl methyl sites for hydroxylation is 4. The lowest BCUT2D eigenvalue weighted by Gasteiger charge is -2.22. The van der Waals surface area contributed by atoms with Gasteiger partial charge in [-0.05, 0) is 26.2 Å². The van der Waals surface area contributed by atoms with Crippen molar-refractivity contribution in [3.05, 3.63) is 28.3 Å². The molecule has 1 aliphatic rings. The predicted octanol–water partition coefficient (Wildman–Crippen LogP) is 1.47. The largest absolute Gasteiger partial charge is 0.275 e. The summed E-state index contributed by atoms with van der Waals surface area (Å²) in [6, 6.07) is -0.280. The zero-order chi connectivity index (χ0) is 16.1. The molecule has 0 amide bonds. The van der Waals surface area contributed by atoms with Crippen LogP contribution in [-0.2, 0) is 30.5 Å². The van der Waals surface area contributed by atoms with Gasteiger partial charge in [-0.15, -0.1) is 0 Å². The van der Waals surface area contributed by atoms with Crippen LogP contribution in [-0.4, -0.2) is 28.0 Å². The zero-order valence-electron chi connectivity index (χ0n) is 12.7. The molecule has 0 aliphatic heterocycles. The summed E-state index contributed by atoms with van der Waals surface area (Å²) in [5.41, 5.74) is 2.28. The number of halogens is 1. The summed E-state index contributed by atoms with van der Waals surface area (Å²) in [6.07, 6.45) is 4.40. The summed E-state index contributed by atoms with van der Waals surface area (Å²) in [5, 5.41) is 8.57. The first-order valence-corrected chi connectivity index (χ1v) is 8.89. The molecule has 7 nitrogen and oxygen atoms in total. The lowest BCUT2D eigenvalue weighted by Crippen LogP contribution is -2.31. The number of sulfonamides is 1. The summed E-state index contributed by atoms with van der Waals surface area (Å²) in [4.78, 5) is 0.0488. The van der Waals surface area contributed by atoms with E-state index in [1.54, 1.807) is 18.7 Å². The summed E-state index contributed by atoms with van der Waals surface area (Å²) in [5.74, 6) is 0. The molecule has 3 rings (SSSR count). The number of rotatable bonds is 3. The van der Waals surface area contributed by atoms with Crippen molar-refractivity contribution in [2.24, 2.45) is 14.1 Å². The lowest BCUT2D eigenvalue weighted by atomic mass is 9.94. The molecular weight excluding hydrogens is 326 g/mol. The molecular formula is C13H18ClN5O2S. The Morgan fingerprint density at radius 2 is 2.09 bits per heavy atom. The Morgan fingerprint density at radius 3 is 2.73 bits per heavy atom. The molecule has 0 bridgehead atoms. The Balaban J connectivity index is 1.96. The van der Waals surface area contributed by atoms with E-state index >= 15 is 0 Å². The zero-order valence-corrected chi connectivity index (χ0v) is 14.2. The lowest BCUT2D eigenvalue weighted by molar-refractivity contribution is 0.505. The topological polar surface area (TPSA) is 81.8 Å². The Bertz CT molecular complexity index is 824. The Hall–Kier alpha value is -1.38. The highest BCUT2D eigenvalue weighted by Gasteiger charge is 2.31. The van der Waals surface area contributed by atoms with Crippen LogP contribution in [0.1, 0.15) is 35.8 Å². The third kappa shape index (κ3) is 2.55. The van der Waals surface area contributed by atoms with E-state index in [9.17, 15) is 8.42 Å². The van der Waals surface area contributed by atoms with E-state index in [0.29, 0.717) is 5.69 Å². The average Bonchev–Trinajstić information content (AvgIpc) is 2.90. The van der Waals surface area contributed by atoms with Gasteiger partial charge in [0.15, 0.2) is 0 Å². The van der Waals surface area contributed by atoms with E-state index in [-0.39, 0.29) is 16.1 Å². The van der Waals surface area contributed by atoms with E-state index in [1.165, 1.54) is 4.68 Å². The molecule has 0 saturated heterocycles. The second kappa shape index (κ2) is 5.36. The van der Waals surface area contributed by atoms with Crippen molar-refractivity contribution in [2.45, 2.75) is 37.1 Å². The van der Waals surface area contributed by atoms with Gasteiger partial charge in [-0.3, -0.25) is 9.36 Å². The van der Waals surface area contributed by atoms with Crippen molar-refractivity contribution in [1.82, 2.24) is 24.3 Å². The van der Waals surface area contributed by atoms with Gasteiger partial charge in [-0.25, -0.2) is 13.1 Å². The van der Waals surface area contributed by atoms with Gasteiger partial charge in [0.05, 0.1) is 17.4 Å². The van der Waals surface area contributed by atoms with E-state index in [0.717, 1.165) is 30.5 Å². The molecule has 2 aromatic heterocycles. The monoisotopic (exact) mass is 343 g/mol. The maximum absolute atomic E-state index is 12.7. The van der Waals surface area contributed by atoms with Crippen molar-refractivity contribution in [3.8, 4) is 0 Å². The van der Waals surface area contributed by atoms with Crippen LogP contribution in [0, 0.1) is 6.92 Å². The molecule has 0 spiro atoms. The van der Waals surface area contributed by atoms with Gasteiger partial charge in [-0.2, -0.15) is 10.2 Å². The van der Waals surface area contributed by atoms with Crippen molar-refractivity contribution in [2.75, 3.05) is 0 Å². The predicted molar refractivity (Wildman–Crippen MR) is 82.2 cm³/mol. The minimum atomic E-state index is -3.74. The molecule has 2 heterocycles. The van der Waals surface area contributed by atoms with E-state index in [4.69, 9.17) is 11.6 Å². The standard InChI is InChI=1S/C13H18ClN5O2S/c1-8-12(13(14)19(3)15-8)22(20,21)17-11-6-4-5-10-9(11)7-18(2)16-10/h7,11,17H,4-6H2,1-3H3. The number of hydrogen-bond donors (Lipinski definition) is 1. The number of nitrogens with zero attached hydrogens (tertiary/aromatic N) is 4. The Morgan fingerprint density at radius 1 is 1.36 bits per heavy atom. The van der Waals surface area contributed by atoms with Gasteiger partial charge < -0.3 is 0 Å². The van der Waals surface area contributed by atoms with Crippen LogP contribution >= 0.6 is 11.6 Å². The summed E-state index contributed by atoms with van der Waals surface area (Å²) in [7, 11) is -0.278. The maximum Gasteiger partial charge on any atom is 0.246 e. The van der Waals surface area contributed by atoms with Crippen molar-refractivity contribution >= 4 is 21.6 Å². The first-order valence-electron chi connectivity index (χ1n) is 7.03. The van der Waals surface area contributed by atoms with E-state index in [2.05, 4.69) is 14.9 Å². The Kier molecular flexibility index (Phi) is 3.78. The van der Waals surface area contributed by atoms with Crippen LogP contribution in [0.25, 0.3) is 0 Å². The molecule has 120 valence electrons. The highest BCUT2D eigenvalue weighted by molar-refractivity contribution is 7.89. The van der Waals surface area contributed by atoms with Crippen LogP contribution in [0.3, 0.4) is 0 Å². The second-order valence-corrected chi connectivity index (χ2v) is 7.61. The van der Waals surface area contributed by atoms with Gasteiger partial charge in [0.25, 0.3) is 0 Å². The molecule has 1 N–H and O–H groups in total. The first-order chi connectivity index (χ1) is 10.3. The normalized spacial score (nSPS) is 18.5. The van der Waals surface area contributed by atoms with Gasteiger partial charge in [0, 0.05) is 25.9 Å². The minimum Gasteiger partial charge on any atom is -0.275 e. The van der Waals surface area contributed by atoms with Crippen LogP contribution in [0.15, 0.2) is 11.1 Å². The third-order valence-electron chi connectivity index (χ3n) is 3.89. The second-order valence-electron chi connectivity index (χ2n) is 5.60. The fourth-order valence-corrected chi connectivity index (χ4v) is 4.95. The van der Waals surface area contributed by atoms with Gasteiger partial charge in [-0.1, -0.05) is 11.6 Å². The molecule has 2 aromatic rings. The first kappa shape index (κ1) is 15.5. The maximum atomic E-state index is 12.7. The van der Waals surface area contributed by atoms with Crippen LogP contribution < -0.4 is 4.72 Å². The highest BCUT2D eigenvalue weighted by atomic mass is 35.5. The fourth-order valence-electron chi connectivity index (χ4n) is 2.95. The number of aromatic nitrogens is 4. The Labute approximate surface area is 134 Å². The quantitative estimate of drug-likeness (QED) is 0.915. The van der Waals surface area contributed by atoms with Crippen LogP contribution in [0.4, 0.5) is 0 Å². The molecule has 1 aliphatic carbocycles. The third-order valence-corrected chi connectivity index (χ3v) is 6.05. The minimum absolute atomic E-state index is 0.0488. The summed E-state index contributed by atoms with van der Waals surface area (Å²) < 4.78 is 31.2. The summed E-state index contributed by atoms with van der Waals surface area (Å²) in [6.45, 7) is 1.64. The van der Waals surface area contributed by atoms with Crippen molar-refractivity contribution in [1.29, 1.82) is 0 Å².